The molecule has 2 rings (SSSR count). The Bertz CT molecular complexity index is 427. The monoisotopic (exact) mass is 249 g/mol. The molecule has 0 saturated heterocycles. The van der Waals surface area contributed by atoms with Crippen LogP contribution in [0.4, 0.5) is 5.69 Å². The molecule has 18 heavy (non-hydrogen) atoms. The van der Waals surface area contributed by atoms with Gasteiger partial charge in [0.25, 0.3) is 0 Å². The number of hydrogen-bond acceptors (Lipinski definition) is 4. The molecule has 0 bridgehead atoms. The summed E-state index contributed by atoms with van der Waals surface area (Å²) >= 11 is 0. The highest BCUT2D eigenvalue weighted by Crippen LogP contribution is 2.42. The van der Waals surface area contributed by atoms with Crippen molar-refractivity contribution in [3.05, 3.63) is 24.3 Å². The van der Waals surface area contributed by atoms with Crippen molar-refractivity contribution in [2.24, 2.45) is 5.41 Å². The lowest BCUT2D eigenvalue weighted by molar-refractivity contribution is -0.157. The molecular formula is C14H19NO3. The maximum Gasteiger partial charge on any atom is 0.313 e. The molecule has 0 radical (unpaired) electrons. The summed E-state index contributed by atoms with van der Waals surface area (Å²) in [4.78, 5) is 11.8. The van der Waals surface area contributed by atoms with E-state index in [0.717, 1.165) is 30.7 Å². The number of para-hydroxylation sites is 2. The summed E-state index contributed by atoms with van der Waals surface area (Å²) in [6, 6.07) is 7.70. The number of methoxy groups -OCH3 is 2. The normalized spacial score (nSPS) is 16.6. The van der Waals surface area contributed by atoms with E-state index < -0.39 is 0 Å². The van der Waals surface area contributed by atoms with Gasteiger partial charge in [0.2, 0.25) is 0 Å². The van der Waals surface area contributed by atoms with Crippen molar-refractivity contribution < 1.29 is 14.3 Å². The van der Waals surface area contributed by atoms with E-state index in [1.165, 1.54) is 7.11 Å². The van der Waals surface area contributed by atoms with Gasteiger partial charge < -0.3 is 14.8 Å². The molecule has 1 aromatic carbocycles. The number of nitrogens with one attached hydrogen (secondary N) is 1. The van der Waals surface area contributed by atoms with Gasteiger partial charge in [-0.1, -0.05) is 18.6 Å². The molecule has 4 nitrogen and oxygen atoms in total. The molecule has 1 aromatic rings. The van der Waals surface area contributed by atoms with E-state index in [0.29, 0.717) is 6.54 Å². The molecule has 0 amide bonds. The van der Waals surface area contributed by atoms with Crippen molar-refractivity contribution in [1.82, 2.24) is 0 Å². The Kier molecular flexibility index (Phi) is 3.75. The van der Waals surface area contributed by atoms with Crippen LogP contribution in [0.1, 0.15) is 19.3 Å². The fourth-order valence-corrected chi connectivity index (χ4v) is 2.33. The van der Waals surface area contributed by atoms with Crippen molar-refractivity contribution in [2.75, 3.05) is 26.1 Å². The Morgan fingerprint density at radius 3 is 2.61 bits per heavy atom. The highest BCUT2D eigenvalue weighted by Gasteiger charge is 2.45. The van der Waals surface area contributed by atoms with E-state index in [2.05, 4.69) is 5.32 Å². The van der Waals surface area contributed by atoms with Crippen LogP contribution in [0.5, 0.6) is 5.75 Å². The largest absolute Gasteiger partial charge is 0.495 e. The first kappa shape index (κ1) is 12.7. The molecule has 98 valence electrons. The standard InChI is InChI=1S/C14H19NO3/c1-17-12-7-4-3-6-11(12)15-10-14(8-5-9-14)13(16)18-2/h3-4,6-7,15H,5,8-10H2,1-2H3. The summed E-state index contributed by atoms with van der Waals surface area (Å²) in [6.07, 6.45) is 2.87. The SMILES string of the molecule is COC(=O)C1(CNc2ccccc2OC)CCC1. The number of carbonyl (C=O) groups excluding carboxylic acids is 1. The molecular weight excluding hydrogens is 230 g/mol. The second kappa shape index (κ2) is 5.29. The van der Waals surface area contributed by atoms with E-state index in [1.54, 1.807) is 7.11 Å². The van der Waals surface area contributed by atoms with Gasteiger partial charge in [0, 0.05) is 6.54 Å². The lowest BCUT2D eigenvalue weighted by atomic mass is 9.68. The average Bonchev–Trinajstić information content (AvgIpc) is 2.37. The lowest BCUT2D eigenvalue weighted by Gasteiger charge is -2.39. The molecule has 1 aliphatic carbocycles. The van der Waals surface area contributed by atoms with Gasteiger partial charge in [-0.05, 0) is 25.0 Å². The fourth-order valence-electron chi connectivity index (χ4n) is 2.33. The molecule has 1 aliphatic rings. The zero-order chi connectivity index (χ0) is 13.0. The zero-order valence-electron chi connectivity index (χ0n) is 10.9. The van der Waals surface area contributed by atoms with Gasteiger partial charge in [0.1, 0.15) is 5.75 Å². The topological polar surface area (TPSA) is 47.6 Å². The second-order valence-electron chi connectivity index (χ2n) is 4.68. The maximum absolute atomic E-state index is 11.8. The van der Waals surface area contributed by atoms with E-state index in [4.69, 9.17) is 9.47 Å². The van der Waals surface area contributed by atoms with E-state index in [9.17, 15) is 4.79 Å². The lowest BCUT2D eigenvalue weighted by Crippen LogP contribution is -2.44. The first-order valence-electron chi connectivity index (χ1n) is 6.17. The molecule has 0 spiro atoms. The number of rotatable bonds is 5. The van der Waals surface area contributed by atoms with Gasteiger partial charge in [-0.25, -0.2) is 0 Å². The molecule has 1 N–H and O–H groups in total. The van der Waals surface area contributed by atoms with Gasteiger partial charge >= 0.3 is 5.97 Å². The number of hydrogen-bond donors (Lipinski definition) is 1. The minimum Gasteiger partial charge on any atom is -0.495 e. The molecule has 0 aliphatic heterocycles. The molecule has 1 fully saturated rings. The summed E-state index contributed by atoms with van der Waals surface area (Å²) in [5.41, 5.74) is 0.561. The summed E-state index contributed by atoms with van der Waals surface area (Å²) in [7, 11) is 3.09. The Hall–Kier alpha value is -1.71. The van der Waals surface area contributed by atoms with Crippen LogP contribution in [-0.2, 0) is 9.53 Å². The van der Waals surface area contributed by atoms with Gasteiger partial charge in [-0.2, -0.15) is 0 Å². The van der Waals surface area contributed by atoms with E-state index in [1.807, 2.05) is 24.3 Å². The number of ether oxygens (including phenoxy) is 2. The van der Waals surface area contributed by atoms with Crippen molar-refractivity contribution in [2.45, 2.75) is 19.3 Å². The van der Waals surface area contributed by atoms with Crippen LogP contribution in [0.25, 0.3) is 0 Å². The van der Waals surface area contributed by atoms with Crippen LogP contribution in [0.15, 0.2) is 24.3 Å². The number of carbonyl (C=O) groups is 1. The van der Waals surface area contributed by atoms with E-state index in [-0.39, 0.29) is 11.4 Å². The first-order chi connectivity index (χ1) is 8.72. The quantitative estimate of drug-likeness (QED) is 0.814. The summed E-state index contributed by atoms with van der Waals surface area (Å²) in [5, 5.41) is 3.30. The Balaban J connectivity index is 2.04. The number of anilines is 1. The Morgan fingerprint density at radius 2 is 2.06 bits per heavy atom. The fraction of sp³-hybridized carbons (Fsp3) is 0.500. The van der Waals surface area contributed by atoms with Crippen molar-refractivity contribution in [3.8, 4) is 5.75 Å². The summed E-state index contributed by atoms with van der Waals surface area (Å²) in [6.45, 7) is 0.597. The van der Waals surface area contributed by atoms with Crippen LogP contribution < -0.4 is 10.1 Å². The smallest absolute Gasteiger partial charge is 0.313 e. The summed E-state index contributed by atoms with van der Waals surface area (Å²) in [5.74, 6) is 0.674. The maximum atomic E-state index is 11.8. The van der Waals surface area contributed by atoms with Gasteiger partial charge in [-0.15, -0.1) is 0 Å². The minimum atomic E-state index is -0.352. The van der Waals surface area contributed by atoms with Gasteiger partial charge in [0.05, 0.1) is 25.3 Å². The van der Waals surface area contributed by atoms with Crippen LogP contribution in [0, 0.1) is 5.41 Å². The van der Waals surface area contributed by atoms with Crippen molar-refractivity contribution in [1.29, 1.82) is 0 Å². The van der Waals surface area contributed by atoms with Crippen LogP contribution in [0.3, 0.4) is 0 Å². The average molecular weight is 249 g/mol. The van der Waals surface area contributed by atoms with Gasteiger partial charge in [0.15, 0.2) is 0 Å². The number of benzene rings is 1. The van der Waals surface area contributed by atoms with Crippen molar-refractivity contribution in [3.63, 3.8) is 0 Å². The van der Waals surface area contributed by atoms with Crippen LogP contribution in [0.2, 0.25) is 0 Å². The third-order valence-corrected chi connectivity index (χ3v) is 3.65. The Labute approximate surface area is 107 Å². The minimum absolute atomic E-state index is 0.115. The molecule has 1 saturated carbocycles. The zero-order valence-corrected chi connectivity index (χ0v) is 10.9. The first-order valence-corrected chi connectivity index (χ1v) is 6.17. The molecule has 0 heterocycles. The molecule has 0 aromatic heterocycles. The highest BCUT2D eigenvalue weighted by molar-refractivity contribution is 5.78. The molecule has 4 heteroatoms. The summed E-state index contributed by atoms with van der Waals surface area (Å²) < 4.78 is 10.2. The third-order valence-electron chi connectivity index (χ3n) is 3.65. The van der Waals surface area contributed by atoms with Crippen molar-refractivity contribution >= 4 is 11.7 Å². The number of esters is 1. The molecule has 0 atom stereocenters. The Morgan fingerprint density at radius 1 is 1.33 bits per heavy atom. The predicted molar refractivity (Wildman–Crippen MR) is 69.8 cm³/mol. The van der Waals surface area contributed by atoms with Crippen LogP contribution in [-0.4, -0.2) is 26.7 Å². The second-order valence-corrected chi connectivity index (χ2v) is 4.68. The third kappa shape index (κ3) is 2.28. The highest BCUT2D eigenvalue weighted by atomic mass is 16.5. The molecule has 0 unspecified atom stereocenters. The van der Waals surface area contributed by atoms with Crippen LogP contribution >= 0.6 is 0 Å². The van der Waals surface area contributed by atoms with Gasteiger partial charge in [-0.3, -0.25) is 4.79 Å². The predicted octanol–water partition coefficient (Wildman–Crippen LogP) is 2.45. The van der Waals surface area contributed by atoms with E-state index >= 15 is 0 Å².